The van der Waals surface area contributed by atoms with E-state index in [-0.39, 0.29) is 17.4 Å². The summed E-state index contributed by atoms with van der Waals surface area (Å²) in [7, 11) is 1.66. The number of nitrogens with two attached hydrogens (primary N) is 1. The second-order valence-electron chi connectivity index (χ2n) is 4.82. The van der Waals surface area contributed by atoms with Crippen LogP contribution in [0, 0.1) is 11.7 Å². The van der Waals surface area contributed by atoms with Gasteiger partial charge in [-0.2, -0.15) is 0 Å². The summed E-state index contributed by atoms with van der Waals surface area (Å²) in [5.74, 6) is 6.17. The maximum absolute atomic E-state index is 13.6. The molecule has 0 fully saturated rings. The summed E-state index contributed by atoms with van der Waals surface area (Å²) in [6, 6.07) is 6.53. The van der Waals surface area contributed by atoms with Gasteiger partial charge in [-0.05, 0) is 24.5 Å². The maximum atomic E-state index is 13.6. The number of para-hydroxylation sites is 1. The zero-order chi connectivity index (χ0) is 13.8. The number of hydrazine groups is 1. The smallest absolute Gasteiger partial charge is 0.169 e. The molecule has 2 aromatic rings. The van der Waals surface area contributed by atoms with E-state index in [0.29, 0.717) is 18.3 Å². The van der Waals surface area contributed by atoms with Gasteiger partial charge in [0.15, 0.2) is 11.4 Å². The van der Waals surface area contributed by atoms with Crippen LogP contribution in [0.5, 0.6) is 0 Å². The quantitative estimate of drug-likeness (QED) is 0.623. The van der Waals surface area contributed by atoms with E-state index >= 15 is 0 Å². The lowest BCUT2D eigenvalue weighted by Crippen LogP contribution is -2.29. The lowest BCUT2D eigenvalue weighted by molar-refractivity contribution is 0.147. The molecule has 0 radical (unpaired) electrons. The normalized spacial score (nSPS) is 14.7. The van der Waals surface area contributed by atoms with Crippen molar-refractivity contribution in [3.8, 4) is 0 Å². The Morgan fingerprint density at radius 3 is 2.89 bits per heavy atom. The Bertz CT molecular complexity index is 541. The molecule has 0 saturated heterocycles. The summed E-state index contributed by atoms with van der Waals surface area (Å²) in [6.45, 7) is 2.71. The van der Waals surface area contributed by atoms with Gasteiger partial charge < -0.3 is 9.15 Å². The van der Waals surface area contributed by atoms with Crippen LogP contribution in [0.25, 0.3) is 11.0 Å². The number of halogens is 1. The molecule has 1 aromatic heterocycles. The topological polar surface area (TPSA) is 60.4 Å². The monoisotopic (exact) mass is 266 g/mol. The van der Waals surface area contributed by atoms with E-state index in [1.54, 1.807) is 13.2 Å². The number of hydrogen-bond acceptors (Lipinski definition) is 4. The standard InChI is InChI=1S/C14H19FN2O2/c1-9(8-18-2)6-12(17-16)13-7-10-4-3-5-11(15)14(10)19-13/h3-5,7,9,12,17H,6,8,16H2,1-2H3. The zero-order valence-electron chi connectivity index (χ0n) is 11.2. The Morgan fingerprint density at radius 1 is 1.47 bits per heavy atom. The van der Waals surface area contributed by atoms with Gasteiger partial charge in [-0.25, -0.2) is 9.82 Å². The third kappa shape index (κ3) is 3.12. The Hall–Kier alpha value is -1.43. The highest BCUT2D eigenvalue weighted by molar-refractivity contribution is 5.78. The van der Waals surface area contributed by atoms with Crippen LogP contribution in [0.4, 0.5) is 4.39 Å². The molecule has 19 heavy (non-hydrogen) atoms. The number of hydrogen-bond donors (Lipinski definition) is 2. The van der Waals surface area contributed by atoms with Crippen molar-refractivity contribution in [1.29, 1.82) is 0 Å². The van der Waals surface area contributed by atoms with Crippen molar-refractivity contribution in [2.75, 3.05) is 13.7 Å². The maximum Gasteiger partial charge on any atom is 0.169 e. The number of furan rings is 1. The van der Waals surface area contributed by atoms with Gasteiger partial charge in [0, 0.05) is 19.1 Å². The number of nitrogens with one attached hydrogen (secondary N) is 1. The second kappa shape index (κ2) is 6.14. The number of methoxy groups -OCH3 is 1. The van der Waals surface area contributed by atoms with Crippen molar-refractivity contribution >= 4 is 11.0 Å². The summed E-state index contributed by atoms with van der Waals surface area (Å²) >= 11 is 0. The number of fused-ring (bicyclic) bond motifs is 1. The number of benzene rings is 1. The molecule has 104 valence electrons. The fraction of sp³-hybridized carbons (Fsp3) is 0.429. The Morgan fingerprint density at radius 2 is 2.26 bits per heavy atom. The third-order valence-corrected chi connectivity index (χ3v) is 3.15. The van der Waals surface area contributed by atoms with Crippen molar-refractivity contribution in [3.05, 3.63) is 35.8 Å². The third-order valence-electron chi connectivity index (χ3n) is 3.15. The minimum atomic E-state index is -0.357. The summed E-state index contributed by atoms with van der Waals surface area (Å²) in [4.78, 5) is 0. The molecule has 2 atom stereocenters. The molecular formula is C14H19FN2O2. The van der Waals surface area contributed by atoms with Crippen LogP contribution in [0.2, 0.25) is 0 Å². The van der Waals surface area contributed by atoms with Gasteiger partial charge in [-0.1, -0.05) is 19.1 Å². The highest BCUT2D eigenvalue weighted by Gasteiger charge is 2.19. The van der Waals surface area contributed by atoms with E-state index < -0.39 is 0 Å². The van der Waals surface area contributed by atoms with Gasteiger partial charge in [0.1, 0.15) is 5.76 Å². The summed E-state index contributed by atoms with van der Waals surface area (Å²) in [5, 5.41) is 0.745. The van der Waals surface area contributed by atoms with Crippen molar-refractivity contribution in [2.24, 2.45) is 11.8 Å². The van der Waals surface area contributed by atoms with E-state index in [4.69, 9.17) is 15.0 Å². The van der Waals surface area contributed by atoms with Crippen LogP contribution in [0.3, 0.4) is 0 Å². The Balaban J connectivity index is 2.23. The average Bonchev–Trinajstić information content (AvgIpc) is 2.81. The molecule has 5 heteroatoms. The predicted molar refractivity (Wildman–Crippen MR) is 71.9 cm³/mol. The molecular weight excluding hydrogens is 247 g/mol. The SMILES string of the molecule is COCC(C)CC(NN)c1cc2cccc(F)c2o1. The first kappa shape index (κ1) is 14.0. The molecule has 0 saturated carbocycles. The molecule has 0 aliphatic rings. The van der Waals surface area contributed by atoms with E-state index in [0.717, 1.165) is 11.8 Å². The van der Waals surface area contributed by atoms with Crippen LogP contribution in [-0.2, 0) is 4.74 Å². The Kier molecular flexibility index (Phi) is 4.52. The molecule has 2 unspecified atom stereocenters. The molecule has 2 rings (SSSR count). The molecule has 1 aromatic carbocycles. The van der Waals surface area contributed by atoms with E-state index in [1.165, 1.54) is 6.07 Å². The first-order valence-corrected chi connectivity index (χ1v) is 6.28. The van der Waals surface area contributed by atoms with Crippen LogP contribution in [0.1, 0.15) is 25.1 Å². The van der Waals surface area contributed by atoms with Crippen LogP contribution < -0.4 is 11.3 Å². The van der Waals surface area contributed by atoms with Gasteiger partial charge in [0.25, 0.3) is 0 Å². The van der Waals surface area contributed by atoms with Crippen molar-refractivity contribution < 1.29 is 13.5 Å². The van der Waals surface area contributed by atoms with E-state index in [2.05, 4.69) is 12.3 Å². The van der Waals surface area contributed by atoms with Gasteiger partial charge in [0.05, 0.1) is 6.04 Å². The van der Waals surface area contributed by atoms with E-state index in [9.17, 15) is 4.39 Å². The largest absolute Gasteiger partial charge is 0.456 e. The molecule has 1 heterocycles. The highest BCUT2D eigenvalue weighted by Crippen LogP contribution is 2.28. The van der Waals surface area contributed by atoms with Crippen molar-refractivity contribution in [2.45, 2.75) is 19.4 Å². The minimum absolute atomic E-state index is 0.156. The lowest BCUT2D eigenvalue weighted by atomic mass is 10.0. The van der Waals surface area contributed by atoms with Gasteiger partial charge in [0.2, 0.25) is 0 Å². The molecule has 0 amide bonds. The van der Waals surface area contributed by atoms with E-state index in [1.807, 2.05) is 12.1 Å². The first-order valence-electron chi connectivity index (χ1n) is 6.28. The fourth-order valence-corrected chi connectivity index (χ4v) is 2.24. The highest BCUT2D eigenvalue weighted by atomic mass is 19.1. The molecule has 3 N–H and O–H groups in total. The molecule has 0 bridgehead atoms. The number of ether oxygens (including phenoxy) is 1. The lowest BCUT2D eigenvalue weighted by Gasteiger charge is -2.17. The van der Waals surface area contributed by atoms with Crippen LogP contribution >= 0.6 is 0 Å². The molecule has 0 aliphatic heterocycles. The van der Waals surface area contributed by atoms with Crippen molar-refractivity contribution in [1.82, 2.24) is 5.43 Å². The summed E-state index contributed by atoms with van der Waals surface area (Å²) in [6.07, 6.45) is 0.756. The fourth-order valence-electron chi connectivity index (χ4n) is 2.24. The zero-order valence-corrected chi connectivity index (χ0v) is 11.2. The van der Waals surface area contributed by atoms with Crippen LogP contribution in [0.15, 0.2) is 28.7 Å². The van der Waals surface area contributed by atoms with Crippen LogP contribution in [-0.4, -0.2) is 13.7 Å². The molecule has 0 aliphatic carbocycles. The second-order valence-corrected chi connectivity index (χ2v) is 4.82. The predicted octanol–water partition coefficient (Wildman–Crippen LogP) is 2.75. The Labute approximate surface area is 111 Å². The minimum Gasteiger partial charge on any atom is -0.456 e. The first-order chi connectivity index (χ1) is 9.15. The van der Waals surface area contributed by atoms with Crippen molar-refractivity contribution in [3.63, 3.8) is 0 Å². The molecule has 4 nitrogen and oxygen atoms in total. The molecule has 0 spiro atoms. The average molecular weight is 266 g/mol. The number of rotatable bonds is 6. The van der Waals surface area contributed by atoms with Gasteiger partial charge in [-0.15, -0.1) is 0 Å². The summed E-state index contributed by atoms with van der Waals surface area (Å²) in [5.41, 5.74) is 2.99. The summed E-state index contributed by atoms with van der Waals surface area (Å²) < 4.78 is 24.3. The van der Waals surface area contributed by atoms with Gasteiger partial charge >= 0.3 is 0 Å². The van der Waals surface area contributed by atoms with Gasteiger partial charge in [-0.3, -0.25) is 5.84 Å².